The Kier molecular flexibility index (Phi) is 7.94. The Hall–Kier alpha value is -4.44. The summed E-state index contributed by atoms with van der Waals surface area (Å²) in [6, 6.07) is 25.5. The van der Waals surface area contributed by atoms with Crippen LogP contribution in [0.1, 0.15) is 45.2 Å². The number of anilines is 1. The fourth-order valence-corrected chi connectivity index (χ4v) is 5.95. The normalized spacial score (nSPS) is 15.1. The van der Waals surface area contributed by atoms with E-state index in [1.165, 1.54) is 32.7 Å². The second kappa shape index (κ2) is 11.6. The van der Waals surface area contributed by atoms with Crippen LogP contribution < -0.4 is 5.32 Å². The smallest absolute Gasteiger partial charge is 0.309 e. The Labute approximate surface area is 243 Å². The molecule has 0 spiro atoms. The molecule has 4 nitrogen and oxygen atoms in total. The summed E-state index contributed by atoms with van der Waals surface area (Å²) in [5, 5.41) is 18.0. The maximum absolute atomic E-state index is 11.5. The highest BCUT2D eigenvalue weighted by atomic mass is 16.4. The van der Waals surface area contributed by atoms with E-state index >= 15 is 0 Å². The summed E-state index contributed by atoms with van der Waals surface area (Å²) in [6.45, 7) is 11.4. The van der Waals surface area contributed by atoms with E-state index in [0.717, 1.165) is 22.8 Å². The molecule has 2 N–H and O–H groups in total. The van der Waals surface area contributed by atoms with Gasteiger partial charge in [-0.1, -0.05) is 86.7 Å². The van der Waals surface area contributed by atoms with Crippen LogP contribution in [-0.2, 0) is 10.2 Å². The van der Waals surface area contributed by atoms with Crippen molar-refractivity contribution in [2.75, 3.05) is 11.9 Å². The molecule has 1 heterocycles. The Morgan fingerprint density at radius 3 is 2.27 bits per heavy atom. The van der Waals surface area contributed by atoms with E-state index < -0.39 is 5.97 Å². The molecule has 0 radical (unpaired) electrons. The van der Waals surface area contributed by atoms with Gasteiger partial charge in [0.15, 0.2) is 12.3 Å². The number of rotatable bonds is 9. The number of fused-ring (bicyclic) bond motifs is 4. The van der Waals surface area contributed by atoms with Crippen LogP contribution in [0.2, 0.25) is 0 Å². The quantitative estimate of drug-likeness (QED) is 0.164. The van der Waals surface area contributed by atoms with Gasteiger partial charge < -0.3 is 10.4 Å². The molecule has 0 saturated carbocycles. The largest absolute Gasteiger partial charge is 0.481 e. The van der Waals surface area contributed by atoms with Crippen LogP contribution >= 0.6 is 0 Å². The first-order valence-electron chi connectivity index (χ1n) is 14.4. The van der Waals surface area contributed by atoms with Gasteiger partial charge in [-0.25, -0.2) is 0 Å². The van der Waals surface area contributed by atoms with E-state index in [1.54, 1.807) is 0 Å². The number of hydrogen-bond acceptors (Lipinski definition) is 2. The van der Waals surface area contributed by atoms with Crippen molar-refractivity contribution >= 4 is 44.6 Å². The Morgan fingerprint density at radius 2 is 1.56 bits per heavy atom. The monoisotopic (exact) mass is 543 g/mol. The van der Waals surface area contributed by atoms with Crippen molar-refractivity contribution in [1.82, 2.24) is 0 Å². The summed E-state index contributed by atoms with van der Waals surface area (Å²) in [5.74, 6) is -0.465. The van der Waals surface area contributed by atoms with Gasteiger partial charge in [0.1, 0.15) is 6.42 Å². The number of nitrogens with zero attached hydrogens (tertiary/aromatic N) is 1. The molecule has 1 aliphatic heterocycles. The number of aryl methyl sites for hydroxylation is 1. The van der Waals surface area contributed by atoms with Gasteiger partial charge in [-0.3, -0.25) is 4.79 Å². The lowest BCUT2D eigenvalue weighted by Crippen LogP contribution is -2.28. The van der Waals surface area contributed by atoms with Crippen molar-refractivity contribution in [2.45, 2.75) is 46.5 Å². The molecule has 0 fully saturated rings. The maximum Gasteiger partial charge on any atom is 0.309 e. The minimum absolute atomic E-state index is 0.0792. The number of benzene rings is 4. The highest BCUT2D eigenvalue weighted by Gasteiger charge is 2.45. The van der Waals surface area contributed by atoms with Crippen LogP contribution in [0.3, 0.4) is 0 Å². The van der Waals surface area contributed by atoms with Crippen LogP contribution in [0.25, 0.3) is 21.5 Å². The molecule has 0 amide bonds. The molecule has 5 rings (SSSR count). The van der Waals surface area contributed by atoms with E-state index in [2.05, 4.69) is 148 Å². The van der Waals surface area contributed by atoms with Crippen LogP contribution in [-0.4, -0.2) is 27.9 Å². The van der Waals surface area contributed by atoms with Gasteiger partial charge in [0, 0.05) is 29.1 Å². The van der Waals surface area contributed by atoms with Crippen molar-refractivity contribution in [3.05, 3.63) is 120 Å². The summed E-state index contributed by atoms with van der Waals surface area (Å²) in [4.78, 5) is 11.5. The molecular formula is C37H39N2O2+. The molecule has 4 aromatic carbocycles. The Balaban J connectivity index is 1.43. The first-order valence-corrected chi connectivity index (χ1v) is 14.4. The topological polar surface area (TPSA) is 52.3 Å². The highest BCUT2D eigenvalue weighted by molar-refractivity contribution is 6.07. The fraction of sp³-hybridized carbons (Fsp3) is 0.243. The zero-order valence-corrected chi connectivity index (χ0v) is 24.6. The number of carbonyl (C=O) groups is 1. The lowest BCUT2D eigenvalue weighted by atomic mass is 9.79. The predicted octanol–water partition coefficient (Wildman–Crippen LogP) is 8.92. The van der Waals surface area contributed by atoms with Crippen LogP contribution in [0.5, 0.6) is 0 Å². The molecule has 41 heavy (non-hydrogen) atoms. The first-order chi connectivity index (χ1) is 19.7. The maximum atomic E-state index is 11.5. The first kappa shape index (κ1) is 28.1. The van der Waals surface area contributed by atoms with Crippen molar-refractivity contribution in [2.24, 2.45) is 5.92 Å². The molecule has 0 saturated heterocycles. The zero-order chi connectivity index (χ0) is 29.1. The van der Waals surface area contributed by atoms with E-state index in [1.807, 2.05) is 0 Å². The summed E-state index contributed by atoms with van der Waals surface area (Å²) >= 11 is 0. The van der Waals surface area contributed by atoms with Crippen LogP contribution in [0, 0.1) is 12.8 Å². The third kappa shape index (κ3) is 5.60. The van der Waals surface area contributed by atoms with E-state index in [0.29, 0.717) is 12.5 Å². The minimum atomic E-state index is -0.791. The zero-order valence-electron chi connectivity index (χ0n) is 24.6. The second-order valence-corrected chi connectivity index (χ2v) is 11.6. The second-order valence-electron chi connectivity index (χ2n) is 11.6. The van der Waals surface area contributed by atoms with Crippen LogP contribution in [0.4, 0.5) is 11.4 Å². The third-order valence-electron chi connectivity index (χ3n) is 8.15. The molecule has 0 atom stereocenters. The minimum Gasteiger partial charge on any atom is -0.481 e. The fourth-order valence-electron chi connectivity index (χ4n) is 5.95. The van der Waals surface area contributed by atoms with Crippen molar-refractivity contribution in [3.63, 3.8) is 0 Å². The number of aliphatic carboxylic acids is 1. The van der Waals surface area contributed by atoms with Crippen molar-refractivity contribution in [1.29, 1.82) is 0 Å². The van der Waals surface area contributed by atoms with E-state index in [-0.39, 0.29) is 11.8 Å². The van der Waals surface area contributed by atoms with Gasteiger partial charge >= 0.3 is 5.97 Å². The molecule has 0 aliphatic carbocycles. The molecule has 0 aromatic heterocycles. The molecule has 4 heteroatoms. The molecule has 0 bridgehead atoms. The van der Waals surface area contributed by atoms with Gasteiger partial charge in [-0.15, -0.1) is 0 Å². The number of hydrogen-bond donors (Lipinski definition) is 2. The molecule has 1 aliphatic rings. The molecule has 0 unspecified atom stereocenters. The standard InChI is InChI=1S/C37H38N2O2/c1-25(2)31(38-32-21-19-27-13-9-11-15-29(27)26(32)3)17-7-6-8-18-34-37(4,5)36-30-16-12-10-14-28(30)20-22-33(36)39(34)24-23-35(40)41/h6-22,25H,23-24H2,1-5H3,(H,40,41)/p+1. The molecular weight excluding hydrogens is 504 g/mol. The summed E-state index contributed by atoms with van der Waals surface area (Å²) in [7, 11) is 0. The summed E-state index contributed by atoms with van der Waals surface area (Å²) < 4.78 is 2.18. The van der Waals surface area contributed by atoms with Crippen LogP contribution in [0.15, 0.2) is 109 Å². The van der Waals surface area contributed by atoms with Gasteiger partial charge in [-0.2, -0.15) is 4.58 Å². The molecule has 208 valence electrons. The Bertz CT molecular complexity index is 1750. The Morgan fingerprint density at radius 1 is 0.902 bits per heavy atom. The number of carboxylic acids is 1. The van der Waals surface area contributed by atoms with Gasteiger partial charge in [0.2, 0.25) is 5.69 Å². The number of allylic oxidation sites excluding steroid dienone is 6. The van der Waals surface area contributed by atoms with Gasteiger partial charge in [0.05, 0.1) is 5.41 Å². The number of carboxylic acid groups (broad SMARTS) is 1. The summed E-state index contributed by atoms with van der Waals surface area (Å²) in [5.41, 5.74) is 6.68. The van der Waals surface area contributed by atoms with Gasteiger partial charge in [0.25, 0.3) is 0 Å². The highest BCUT2D eigenvalue weighted by Crippen LogP contribution is 2.44. The summed E-state index contributed by atoms with van der Waals surface area (Å²) in [6.07, 6.45) is 10.5. The van der Waals surface area contributed by atoms with E-state index in [9.17, 15) is 9.90 Å². The third-order valence-corrected chi connectivity index (χ3v) is 8.15. The average Bonchev–Trinajstić information content (AvgIpc) is 3.17. The van der Waals surface area contributed by atoms with Gasteiger partial charge in [-0.05, 0) is 72.0 Å². The number of nitrogens with one attached hydrogen (secondary N) is 1. The van der Waals surface area contributed by atoms with E-state index in [4.69, 9.17) is 0 Å². The van der Waals surface area contributed by atoms with Crippen molar-refractivity contribution < 1.29 is 14.5 Å². The lowest BCUT2D eigenvalue weighted by molar-refractivity contribution is -0.436. The average molecular weight is 544 g/mol. The predicted molar refractivity (Wildman–Crippen MR) is 173 cm³/mol. The molecule has 4 aromatic rings. The van der Waals surface area contributed by atoms with Crippen molar-refractivity contribution in [3.8, 4) is 0 Å². The SMILES string of the molecule is Cc1c(N/C(=C/C=C/C=C/C2=[N+](CCC(=O)O)c3ccc4ccccc4c3C2(C)C)C(C)C)ccc2ccccc12. The lowest BCUT2D eigenvalue weighted by Gasteiger charge is -2.17.